The summed E-state index contributed by atoms with van der Waals surface area (Å²) in [4.78, 5) is 3.15. The second-order valence-electron chi connectivity index (χ2n) is 4.27. The molecule has 17 heavy (non-hydrogen) atoms. The lowest BCUT2D eigenvalue weighted by Gasteiger charge is -2.24. The Bertz CT molecular complexity index is 562. The summed E-state index contributed by atoms with van der Waals surface area (Å²) in [5.74, 6) is 0. The summed E-state index contributed by atoms with van der Waals surface area (Å²) < 4.78 is 0. The van der Waals surface area contributed by atoms with Crippen LogP contribution in [0.4, 0.5) is 5.69 Å². The fourth-order valence-electron chi connectivity index (χ4n) is 2.43. The maximum absolute atomic E-state index is 5.58. The second kappa shape index (κ2) is 3.97. The second-order valence-corrected chi connectivity index (χ2v) is 4.66. The Labute approximate surface area is 107 Å². The van der Waals surface area contributed by atoms with Crippen molar-refractivity contribution in [2.45, 2.75) is 13.0 Å². The summed E-state index contributed by atoms with van der Waals surface area (Å²) in [5.41, 5.74) is 3.68. The first-order chi connectivity index (χ1) is 8.29. The third-order valence-electron chi connectivity index (χ3n) is 3.28. The molecule has 2 aromatic carbocycles. The predicted molar refractivity (Wildman–Crippen MR) is 75.5 cm³/mol. The summed E-state index contributed by atoms with van der Waals surface area (Å²) in [6, 6.07) is 19.1. The zero-order valence-electron chi connectivity index (χ0n) is 9.63. The molecule has 0 radical (unpaired) electrons. The minimum Gasteiger partial charge on any atom is -0.325 e. The largest absolute Gasteiger partial charge is 0.325 e. The van der Waals surface area contributed by atoms with E-state index in [1.807, 2.05) is 24.3 Å². The fourth-order valence-corrected chi connectivity index (χ4v) is 2.88. The zero-order chi connectivity index (χ0) is 11.8. The van der Waals surface area contributed by atoms with Crippen LogP contribution in [-0.2, 0) is 0 Å². The van der Waals surface area contributed by atoms with Gasteiger partial charge >= 0.3 is 0 Å². The molecular weight excluding hydrogens is 226 g/mol. The Morgan fingerprint density at radius 3 is 2.29 bits per heavy atom. The van der Waals surface area contributed by atoms with E-state index in [2.05, 4.69) is 42.2 Å². The van der Waals surface area contributed by atoms with Crippen LogP contribution in [0.2, 0.25) is 0 Å². The molecule has 0 fully saturated rings. The van der Waals surface area contributed by atoms with Crippen molar-refractivity contribution in [3.63, 3.8) is 0 Å². The van der Waals surface area contributed by atoms with Gasteiger partial charge in [0.1, 0.15) is 4.99 Å². The minimum absolute atomic E-state index is 0.320. The number of para-hydroxylation sites is 1. The van der Waals surface area contributed by atoms with E-state index in [0.717, 1.165) is 4.99 Å². The molecule has 0 aromatic heterocycles. The summed E-state index contributed by atoms with van der Waals surface area (Å²) in [6.45, 7) is 2.20. The normalized spacial score (nSPS) is 18.3. The van der Waals surface area contributed by atoms with Gasteiger partial charge in [-0.3, -0.25) is 0 Å². The van der Waals surface area contributed by atoms with Gasteiger partial charge in [-0.25, -0.2) is 0 Å². The van der Waals surface area contributed by atoms with Crippen molar-refractivity contribution in [3.05, 3.63) is 65.7 Å². The van der Waals surface area contributed by atoms with Crippen LogP contribution in [-0.4, -0.2) is 4.99 Å². The van der Waals surface area contributed by atoms with Gasteiger partial charge in [-0.15, -0.1) is 0 Å². The van der Waals surface area contributed by atoms with Crippen molar-refractivity contribution in [2.75, 3.05) is 4.90 Å². The van der Waals surface area contributed by atoms with Crippen LogP contribution >= 0.6 is 12.2 Å². The third kappa shape index (κ3) is 1.56. The molecule has 2 aromatic rings. The van der Waals surface area contributed by atoms with Gasteiger partial charge in [-0.2, -0.15) is 0 Å². The molecule has 2 heteroatoms. The van der Waals surface area contributed by atoms with E-state index in [0.29, 0.717) is 6.04 Å². The molecular formula is C15H13NS. The SMILES string of the molecule is C[C@@H]1c2ccccc2C(=S)N1c1ccccc1. The van der Waals surface area contributed by atoms with Crippen molar-refractivity contribution in [1.29, 1.82) is 0 Å². The smallest absolute Gasteiger partial charge is 0.114 e. The highest BCUT2D eigenvalue weighted by Crippen LogP contribution is 2.37. The van der Waals surface area contributed by atoms with Gasteiger partial charge in [0.05, 0.1) is 6.04 Å². The Kier molecular flexibility index (Phi) is 2.45. The average Bonchev–Trinajstić information content (AvgIpc) is 2.64. The van der Waals surface area contributed by atoms with Crippen molar-refractivity contribution in [1.82, 2.24) is 0 Å². The van der Waals surface area contributed by atoms with Gasteiger partial charge in [0, 0.05) is 11.3 Å². The van der Waals surface area contributed by atoms with E-state index in [1.54, 1.807) is 0 Å². The first kappa shape index (κ1) is 10.5. The first-order valence-electron chi connectivity index (χ1n) is 5.76. The van der Waals surface area contributed by atoms with Crippen LogP contribution in [0.5, 0.6) is 0 Å². The summed E-state index contributed by atoms with van der Waals surface area (Å²) in [5, 5.41) is 0. The standard InChI is InChI=1S/C15H13NS/c1-11-13-9-5-6-10-14(13)15(17)16(11)12-7-3-2-4-8-12/h2-11H,1H3/t11-/m1/s1. The molecule has 1 aliphatic rings. The molecule has 0 amide bonds. The topological polar surface area (TPSA) is 3.24 Å². The molecule has 84 valence electrons. The molecule has 0 aliphatic carbocycles. The van der Waals surface area contributed by atoms with Crippen molar-refractivity contribution in [3.8, 4) is 0 Å². The number of hydrogen-bond acceptors (Lipinski definition) is 1. The Balaban J connectivity index is 2.10. The van der Waals surface area contributed by atoms with Crippen LogP contribution in [0.15, 0.2) is 54.6 Å². The zero-order valence-corrected chi connectivity index (χ0v) is 10.4. The van der Waals surface area contributed by atoms with E-state index in [1.165, 1.54) is 16.8 Å². The lowest BCUT2D eigenvalue weighted by atomic mass is 10.1. The van der Waals surface area contributed by atoms with Gasteiger partial charge in [0.15, 0.2) is 0 Å². The molecule has 0 saturated carbocycles. The molecule has 0 spiro atoms. The van der Waals surface area contributed by atoms with E-state index < -0.39 is 0 Å². The number of hydrogen-bond donors (Lipinski definition) is 0. The highest BCUT2D eigenvalue weighted by molar-refractivity contribution is 7.81. The monoisotopic (exact) mass is 239 g/mol. The Morgan fingerprint density at radius 1 is 0.941 bits per heavy atom. The summed E-state index contributed by atoms with van der Waals surface area (Å²) >= 11 is 5.58. The lowest BCUT2D eigenvalue weighted by molar-refractivity contribution is 0.824. The lowest BCUT2D eigenvalue weighted by Crippen LogP contribution is -2.25. The fraction of sp³-hybridized carbons (Fsp3) is 0.133. The molecule has 0 bridgehead atoms. The molecule has 3 rings (SSSR count). The van der Waals surface area contributed by atoms with Gasteiger partial charge in [-0.1, -0.05) is 54.7 Å². The van der Waals surface area contributed by atoms with Crippen molar-refractivity contribution < 1.29 is 0 Å². The molecule has 1 aliphatic heterocycles. The number of thiocarbonyl (C=S) groups is 1. The van der Waals surface area contributed by atoms with E-state index in [4.69, 9.17) is 12.2 Å². The van der Waals surface area contributed by atoms with E-state index in [9.17, 15) is 0 Å². The van der Waals surface area contributed by atoms with E-state index >= 15 is 0 Å². The van der Waals surface area contributed by atoms with Crippen LogP contribution < -0.4 is 4.90 Å². The molecule has 1 nitrogen and oxygen atoms in total. The third-order valence-corrected chi connectivity index (χ3v) is 3.70. The number of benzene rings is 2. The molecule has 0 N–H and O–H groups in total. The Hall–Kier alpha value is -1.67. The average molecular weight is 239 g/mol. The van der Waals surface area contributed by atoms with Crippen LogP contribution in [0.3, 0.4) is 0 Å². The van der Waals surface area contributed by atoms with Gasteiger partial charge in [0.25, 0.3) is 0 Å². The van der Waals surface area contributed by atoms with E-state index in [-0.39, 0.29) is 0 Å². The number of anilines is 1. The number of fused-ring (bicyclic) bond motifs is 1. The summed E-state index contributed by atoms with van der Waals surface area (Å²) in [6.07, 6.45) is 0. The summed E-state index contributed by atoms with van der Waals surface area (Å²) in [7, 11) is 0. The molecule has 0 unspecified atom stereocenters. The molecule has 1 atom stereocenters. The maximum Gasteiger partial charge on any atom is 0.114 e. The van der Waals surface area contributed by atoms with Gasteiger partial charge < -0.3 is 4.90 Å². The Morgan fingerprint density at radius 2 is 1.59 bits per heavy atom. The highest BCUT2D eigenvalue weighted by atomic mass is 32.1. The van der Waals surface area contributed by atoms with Crippen LogP contribution in [0.1, 0.15) is 24.1 Å². The minimum atomic E-state index is 0.320. The van der Waals surface area contributed by atoms with Crippen molar-refractivity contribution in [2.24, 2.45) is 0 Å². The van der Waals surface area contributed by atoms with Crippen molar-refractivity contribution >= 4 is 22.9 Å². The maximum atomic E-state index is 5.58. The first-order valence-corrected chi connectivity index (χ1v) is 6.17. The van der Waals surface area contributed by atoms with Gasteiger partial charge in [0.2, 0.25) is 0 Å². The van der Waals surface area contributed by atoms with Crippen LogP contribution in [0.25, 0.3) is 0 Å². The predicted octanol–water partition coefficient (Wildman–Crippen LogP) is 3.94. The van der Waals surface area contributed by atoms with Gasteiger partial charge in [-0.05, 0) is 24.6 Å². The molecule has 0 saturated heterocycles. The number of rotatable bonds is 1. The highest BCUT2D eigenvalue weighted by Gasteiger charge is 2.31. The quantitative estimate of drug-likeness (QED) is 0.693. The number of nitrogens with zero attached hydrogens (tertiary/aromatic N) is 1. The molecule has 1 heterocycles. The van der Waals surface area contributed by atoms with Crippen LogP contribution in [0, 0.1) is 0 Å².